The first-order chi connectivity index (χ1) is 16.9. The molecule has 35 heavy (non-hydrogen) atoms. The molecule has 0 bridgehead atoms. The van der Waals surface area contributed by atoms with Crippen LogP contribution in [0.2, 0.25) is 5.02 Å². The molecular weight excluding hydrogens is 484 g/mol. The van der Waals surface area contributed by atoms with Crippen LogP contribution >= 0.6 is 11.6 Å². The fourth-order valence-electron chi connectivity index (χ4n) is 3.39. The maximum absolute atomic E-state index is 13.2. The molecule has 0 spiro atoms. The molecule has 8 heteroatoms. The molecule has 0 aliphatic carbocycles. The molecule has 0 fully saturated rings. The van der Waals surface area contributed by atoms with Crippen LogP contribution in [-0.4, -0.2) is 20.4 Å². The number of nitrogens with one attached hydrogen (secondary N) is 2. The summed E-state index contributed by atoms with van der Waals surface area (Å²) in [6.07, 6.45) is 0.189. The fraction of sp³-hybridized carbons (Fsp3) is 0.0741. The lowest BCUT2D eigenvalue weighted by Gasteiger charge is -2.19. The van der Waals surface area contributed by atoms with E-state index in [1.165, 1.54) is 12.1 Å². The van der Waals surface area contributed by atoms with Gasteiger partial charge in [-0.1, -0.05) is 66.2 Å². The van der Waals surface area contributed by atoms with Crippen molar-refractivity contribution < 1.29 is 17.9 Å². The minimum absolute atomic E-state index is 0.0911. The molecule has 2 N–H and O–H groups in total. The number of halogens is 1. The third-order valence-corrected chi connectivity index (χ3v) is 6.83. The molecule has 1 atom stereocenters. The number of sulfonamides is 1. The number of hydrogen-bond acceptors (Lipinski definition) is 4. The van der Waals surface area contributed by atoms with E-state index in [2.05, 4.69) is 10.0 Å². The number of rotatable bonds is 9. The highest BCUT2D eigenvalue weighted by Crippen LogP contribution is 2.25. The lowest BCUT2D eigenvalue weighted by Crippen LogP contribution is -2.45. The van der Waals surface area contributed by atoms with E-state index in [9.17, 15) is 13.2 Å². The summed E-state index contributed by atoms with van der Waals surface area (Å²) in [5.41, 5.74) is 1.33. The van der Waals surface area contributed by atoms with Crippen molar-refractivity contribution in [2.45, 2.75) is 17.4 Å². The zero-order chi connectivity index (χ0) is 24.7. The van der Waals surface area contributed by atoms with Gasteiger partial charge in [-0.25, -0.2) is 8.42 Å². The summed E-state index contributed by atoms with van der Waals surface area (Å²) in [5, 5.41) is 3.36. The molecule has 1 amide bonds. The van der Waals surface area contributed by atoms with Crippen molar-refractivity contribution >= 4 is 33.2 Å². The first-order valence-electron chi connectivity index (χ1n) is 10.8. The highest BCUT2D eigenvalue weighted by atomic mass is 35.5. The zero-order valence-electron chi connectivity index (χ0n) is 18.6. The van der Waals surface area contributed by atoms with Crippen LogP contribution in [0.15, 0.2) is 114 Å². The van der Waals surface area contributed by atoms with Crippen LogP contribution in [0.1, 0.15) is 5.56 Å². The van der Waals surface area contributed by atoms with Crippen LogP contribution in [0.4, 0.5) is 5.69 Å². The molecule has 6 nitrogen and oxygen atoms in total. The fourth-order valence-corrected chi connectivity index (χ4v) is 4.79. The largest absolute Gasteiger partial charge is 0.457 e. The van der Waals surface area contributed by atoms with Crippen molar-refractivity contribution in [1.29, 1.82) is 0 Å². The smallest absolute Gasteiger partial charge is 0.242 e. The first kappa shape index (κ1) is 24.5. The van der Waals surface area contributed by atoms with Crippen molar-refractivity contribution in [1.82, 2.24) is 4.72 Å². The summed E-state index contributed by atoms with van der Waals surface area (Å²) in [4.78, 5) is 13.2. The van der Waals surface area contributed by atoms with Gasteiger partial charge in [0.25, 0.3) is 0 Å². The number of hydrogen-bond donors (Lipinski definition) is 2. The Morgan fingerprint density at radius 2 is 1.46 bits per heavy atom. The number of amides is 1. The van der Waals surface area contributed by atoms with Gasteiger partial charge >= 0.3 is 0 Å². The van der Waals surface area contributed by atoms with Crippen LogP contribution in [0.5, 0.6) is 11.5 Å². The van der Waals surface area contributed by atoms with E-state index < -0.39 is 22.0 Å². The van der Waals surface area contributed by atoms with Crippen LogP contribution in [0.25, 0.3) is 0 Å². The molecule has 0 unspecified atom stereocenters. The predicted octanol–water partition coefficient (Wildman–Crippen LogP) is 5.66. The third-order valence-electron chi connectivity index (χ3n) is 5.10. The Balaban J connectivity index is 1.49. The van der Waals surface area contributed by atoms with Gasteiger partial charge in [-0.3, -0.25) is 4.79 Å². The van der Waals surface area contributed by atoms with E-state index in [1.54, 1.807) is 66.7 Å². The van der Waals surface area contributed by atoms with E-state index in [1.807, 2.05) is 30.3 Å². The van der Waals surface area contributed by atoms with Gasteiger partial charge in [0, 0.05) is 10.7 Å². The molecular formula is C27H23ClN2O4S. The lowest BCUT2D eigenvalue weighted by molar-refractivity contribution is -0.117. The predicted molar refractivity (Wildman–Crippen MR) is 137 cm³/mol. The summed E-state index contributed by atoms with van der Waals surface area (Å²) in [5.74, 6) is 0.681. The Morgan fingerprint density at radius 3 is 2.11 bits per heavy atom. The van der Waals surface area contributed by atoms with Gasteiger partial charge in [0.15, 0.2) is 0 Å². The number of carbonyl (C=O) groups is 1. The molecule has 4 aromatic carbocycles. The molecule has 4 rings (SSSR count). The number of benzene rings is 4. The molecule has 0 aromatic heterocycles. The molecule has 4 aromatic rings. The molecule has 0 heterocycles. The van der Waals surface area contributed by atoms with Crippen LogP contribution < -0.4 is 14.8 Å². The maximum Gasteiger partial charge on any atom is 0.242 e. The van der Waals surface area contributed by atoms with Crippen molar-refractivity contribution in [3.05, 3.63) is 120 Å². The summed E-state index contributed by atoms with van der Waals surface area (Å²) in [7, 11) is -3.90. The Hall–Kier alpha value is -3.65. The average Bonchev–Trinajstić information content (AvgIpc) is 2.86. The monoisotopic (exact) mass is 506 g/mol. The minimum atomic E-state index is -3.90. The Labute approximate surface area is 209 Å². The number of ether oxygens (including phenoxy) is 1. The lowest BCUT2D eigenvalue weighted by atomic mass is 10.1. The molecule has 0 radical (unpaired) electrons. The van der Waals surface area contributed by atoms with Crippen molar-refractivity contribution in [3.8, 4) is 11.5 Å². The SMILES string of the molecule is O=C(Nc1ccc(Oc2cccc(Cl)c2)cc1)[C@H](Cc1ccccc1)NS(=O)(=O)c1ccccc1. The second kappa shape index (κ2) is 11.2. The third kappa shape index (κ3) is 6.93. The quantitative estimate of drug-likeness (QED) is 0.307. The van der Waals surface area contributed by atoms with E-state index in [0.717, 1.165) is 5.56 Å². The highest BCUT2D eigenvalue weighted by Gasteiger charge is 2.26. The average molecular weight is 507 g/mol. The van der Waals surface area contributed by atoms with Gasteiger partial charge < -0.3 is 10.1 Å². The summed E-state index contributed by atoms with van der Waals surface area (Å²) in [6, 6.07) is 30.0. The Morgan fingerprint density at radius 1 is 0.800 bits per heavy atom. The van der Waals surface area contributed by atoms with Gasteiger partial charge in [0.05, 0.1) is 4.90 Å². The standard InChI is InChI=1S/C27H23ClN2O4S/c28-21-10-7-11-24(19-21)34-23-16-14-22(15-17-23)29-27(31)26(18-20-8-3-1-4-9-20)30-35(32,33)25-12-5-2-6-13-25/h1-17,19,26,30H,18H2,(H,29,31)/t26-/m0/s1. The van der Waals surface area contributed by atoms with Gasteiger partial charge in [-0.2, -0.15) is 4.72 Å². The normalized spacial score (nSPS) is 12.0. The first-order valence-corrected chi connectivity index (χ1v) is 12.7. The molecule has 0 aliphatic rings. The summed E-state index contributed by atoms with van der Waals surface area (Å²) < 4.78 is 34.2. The summed E-state index contributed by atoms with van der Waals surface area (Å²) in [6.45, 7) is 0. The highest BCUT2D eigenvalue weighted by molar-refractivity contribution is 7.89. The van der Waals surface area contributed by atoms with Crippen molar-refractivity contribution in [2.75, 3.05) is 5.32 Å². The van der Waals surface area contributed by atoms with Gasteiger partial charge in [-0.15, -0.1) is 0 Å². The maximum atomic E-state index is 13.2. The molecule has 178 valence electrons. The van der Waals surface area contributed by atoms with Crippen LogP contribution in [0.3, 0.4) is 0 Å². The molecule has 0 aliphatic heterocycles. The van der Waals surface area contributed by atoms with Crippen molar-refractivity contribution in [3.63, 3.8) is 0 Å². The van der Waals surface area contributed by atoms with Gasteiger partial charge in [0.2, 0.25) is 15.9 Å². The zero-order valence-corrected chi connectivity index (χ0v) is 20.2. The molecule has 0 saturated heterocycles. The van der Waals surface area contributed by atoms with E-state index in [-0.39, 0.29) is 11.3 Å². The van der Waals surface area contributed by atoms with Crippen LogP contribution in [0, 0.1) is 0 Å². The van der Waals surface area contributed by atoms with Gasteiger partial charge in [0.1, 0.15) is 17.5 Å². The van der Waals surface area contributed by atoms with E-state index in [4.69, 9.17) is 16.3 Å². The van der Waals surface area contributed by atoms with E-state index >= 15 is 0 Å². The summed E-state index contributed by atoms with van der Waals surface area (Å²) >= 11 is 5.99. The number of carbonyl (C=O) groups excluding carboxylic acids is 1. The van der Waals surface area contributed by atoms with E-state index in [0.29, 0.717) is 22.2 Å². The second-order valence-electron chi connectivity index (χ2n) is 7.75. The molecule has 0 saturated carbocycles. The number of anilines is 1. The minimum Gasteiger partial charge on any atom is -0.457 e. The van der Waals surface area contributed by atoms with Gasteiger partial charge in [-0.05, 0) is 66.6 Å². The second-order valence-corrected chi connectivity index (χ2v) is 9.90. The Bertz CT molecular complexity index is 1380. The Kier molecular flexibility index (Phi) is 7.82. The van der Waals surface area contributed by atoms with Crippen molar-refractivity contribution in [2.24, 2.45) is 0 Å². The topological polar surface area (TPSA) is 84.5 Å². The van der Waals surface area contributed by atoms with Crippen LogP contribution in [-0.2, 0) is 21.2 Å².